The van der Waals surface area contributed by atoms with Crippen molar-refractivity contribution in [1.29, 1.82) is 0 Å². The second-order valence-corrected chi connectivity index (χ2v) is 10.0. The van der Waals surface area contributed by atoms with Crippen LogP contribution in [0, 0.1) is 34.5 Å². The van der Waals surface area contributed by atoms with Crippen LogP contribution in [0.25, 0.3) is 0 Å². The lowest BCUT2D eigenvalue weighted by molar-refractivity contribution is -0.127. The van der Waals surface area contributed by atoms with Crippen LogP contribution in [0.2, 0.25) is 0 Å². The molecule has 3 saturated carbocycles. The molecule has 0 aromatic carbocycles. The Morgan fingerprint density at radius 3 is 2.62 bits per heavy atom. The van der Waals surface area contributed by atoms with Crippen molar-refractivity contribution >= 4 is 17.4 Å². The van der Waals surface area contributed by atoms with Crippen molar-refractivity contribution in [3.63, 3.8) is 0 Å². The summed E-state index contributed by atoms with van der Waals surface area (Å²) in [6.45, 7) is 6.57. The van der Waals surface area contributed by atoms with Gasteiger partial charge in [0.05, 0.1) is 11.5 Å². The van der Waals surface area contributed by atoms with Gasteiger partial charge < -0.3 is 5.11 Å². The summed E-state index contributed by atoms with van der Waals surface area (Å²) in [5, 5.41) is 10.2. The lowest BCUT2D eigenvalue weighted by Crippen LogP contribution is -2.54. The summed E-state index contributed by atoms with van der Waals surface area (Å²) in [6.07, 6.45) is 9.48. The number of rotatable bonds is 1. The number of allylic oxidation sites excluding steroid dienone is 1. The molecular formula is C21H31ClO2. The third-order valence-corrected chi connectivity index (χ3v) is 8.97. The third-order valence-electron chi connectivity index (χ3n) is 8.56. The van der Waals surface area contributed by atoms with Crippen molar-refractivity contribution in [1.82, 2.24) is 0 Å². The van der Waals surface area contributed by atoms with Crippen molar-refractivity contribution in [3.05, 3.63) is 11.6 Å². The molecule has 3 fully saturated rings. The lowest BCUT2D eigenvalue weighted by Gasteiger charge is -2.59. The minimum Gasteiger partial charge on any atom is -0.393 e. The summed E-state index contributed by atoms with van der Waals surface area (Å²) in [4.78, 5) is 12.2. The van der Waals surface area contributed by atoms with Crippen molar-refractivity contribution in [2.75, 3.05) is 0 Å². The van der Waals surface area contributed by atoms with E-state index in [1.807, 2.05) is 0 Å². The highest BCUT2D eigenvalue weighted by Gasteiger charge is 2.61. The molecule has 4 rings (SSSR count). The SMILES string of the molecule is CC(=O)[C@H]1CC[C@H]2[C@@H]3C(Cl)C=C4CC(O)CC[C@]4(C)[C@H]3CC[C@]12C. The van der Waals surface area contributed by atoms with Crippen LogP contribution >= 0.6 is 11.6 Å². The van der Waals surface area contributed by atoms with E-state index in [2.05, 4.69) is 19.9 Å². The van der Waals surface area contributed by atoms with Gasteiger partial charge in [-0.15, -0.1) is 11.6 Å². The van der Waals surface area contributed by atoms with E-state index < -0.39 is 0 Å². The normalized spacial score (nSPS) is 53.6. The topological polar surface area (TPSA) is 37.3 Å². The van der Waals surface area contributed by atoms with Crippen LogP contribution < -0.4 is 0 Å². The Labute approximate surface area is 151 Å². The van der Waals surface area contributed by atoms with Crippen molar-refractivity contribution in [2.45, 2.75) is 77.2 Å². The first-order chi connectivity index (χ1) is 11.3. The van der Waals surface area contributed by atoms with Gasteiger partial charge in [-0.3, -0.25) is 4.79 Å². The molecule has 0 heterocycles. The highest BCUT2D eigenvalue weighted by atomic mass is 35.5. The van der Waals surface area contributed by atoms with Crippen molar-refractivity contribution < 1.29 is 9.90 Å². The van der Waals surface area contributed by atoms with E-state index in [1.165, 1.54) is 12.0 Å². The van der Waals surface area contributed by atoms with Crippen LogP contribution in [0.3, 0.4) is 0 Å². The zero-order chi connectivity index (χ0) is 17.3. The molecule has 0 radical (unpaired) electrons. The average Bonchev–Trinajstić information content (AvgIpc) is 2.86. The number of hydrogen-bond acceptors (Lipinski definition) is 2. The predicted octanol–water partition coefficient (Wildman–Crippen LogP) is 4.73. The average molecular weight is 351 g/mol. The highest BCUT2D eigenvalue weighted by Crippen LogP contribution is 2.66. The first-order valence-electron chi connectivity index (χ1n) is 9.81. The Morgan fingerprint density at radius 2 is 1.92 bits per heavy atom. The Hall–Kier alpha value is -0.340. The van der Waals surface area contributed by atoms with E-state index in [9.17, 15) is 9.90 Å². The molecule has 0 bridgehead atoms. The van der Waals surface area contributed by atoms with Gasteiger partial charge in [0.2, 0.25) is 0 Å². The molecule has 0 aliphatic heterocycles. The zero-order valence-corrected chi connectivity index (χ0v) is 16.0. The molecule has 4 aliphatic rings. The number of hydrogen-bond donors (Lipinski definition) is 1. The quantitative estimate of drug-likeness (QED) is 0.548. The minimum atomic E-state index is -0.188. The van der Waals surface area contributed by atoms with Gasteiger partial charge in [0.15, 0.2) is 0 Å². The summed E-state index contributed by atoms with van der Waals surface area (Å²) in [5.74, 6) is 2.31. The van der Waals surface area contributed by atoms with Crippen LogP contribution in [0.5, 0.6) is 0 Å². The smallest absolute Gasteiger partial charge is 0.133 e. The van der Waals surface area contributed by atoms with Crippen LogP contribution in [0.4, 0.5) is 0 Å². The highest BCUT2D eigenvalue weighted by molar-refractivity contribution is 6.22. The number of halogens is 1. The number of carbonyl (C=O) groups excluding carboxylic acids is 1. The molecule has 8 atom stereocenters. The summed E-state index contributed by atoms with van der Waals surface area (Å²) in [5.41, 5.74) is 1.77. The zero-order valence-electron chi connectivity index (χ0n) is 15.2. The number of aliphatic hydroxyl groups excluding tert-OH is 1. The van der Waals surface area contributed by atoms with Crippen molar-refractivity contribution in [2.24, 2.45) is 34.5 Å². The molecule has 1 N–H and O–H groups in total. The molecule has 2 unspecified atom stereocenters. The minimum absolute atomic E-state index is 0.0682. The van der Waals surface area contributed by atoms with Gasteiger partial charge in [0.25, 0.3) is 0 Å². The summed E-state index contributed by atoms with van der Waals surface area (Å²) < 4.78 is 0. The number of Topliss-reactive ketones (excluding diaryl/α,β-unsaturated/α-hetero) is 1. The van der Waals surface area contributed by atoms with Crippen molar-refractivity contribution in [3.8, 4) is 0 Å². The Bertz CT molecular complexity index is 584. The van der Waals surface area contributed by atoms with E-state index in [-0.39, 0.29) is 28.2 Å². The summed E-state index contributed by atoms with van der Waals surface area (Å²) >= 11 is 6.93. The molecule has 3 heteroatoms. The van der Waals surface area contributed by atoms with E-state index in [1.54, 1.807) is 6.92 Å². The molecule has 24 heavy (non-hydrogen) atoms. The molecule has 4 aliphatic carbocycles. The number of fused-ring (bicyclic) bond motifs is 5. The van der Waals surface area contributed by atoms with E-state index in [0.29, 0.717) is 23.5 Å². The van der Waals surface area contributed by atoms with Gasteiger partial charge in [0, 0.05) is 5.92 Å². The Balaban J connectivity index is 1.71. The predicted molar refractivity (Wildman–Crippen MR) is 96.9 cm³/mol. The number of alkyl halides is 1. The standard InChI is InChI=1S/C21H31ClO2/c1-12(23)15-4-5-16-19-17(7-9-21(15,16)3)20(2)8-6-14(24)10-13(20)11-18(19)22/h11,14-19,24H,4-10H2,1-3H3/t14?,15-,16+,17+,18?,19+,20+,21-/m1/s1. The van der Waals surface area contributed by atoms with Crippen LogP contribution in [-0.2, 0) is 4.79 Å². The first-order valence-corrected chi connectivity index (χ1v) is 10.2. The second kappa shape index (κ2) is 5.58. The maximum absolute atomic E-state index is 12.2. The number of ketones is 1. The molecule has 0 spiro atoms. The van der Waals surface area contributed by atoms with Gasteiger partial charge in [0.1, 0.15) is 5.78 Å². The van der Waals surface area contributed by atoms with E-state index in [0.717, 1.165) is 38.5 Å². The van der Waals surface area contributed by atoms with E-state index in [4.69, 9.17) is 11.6 Å². The monoisotopic (exact) mass is 350 g/mol. The van der Waals surface area contributed by atoms with Crippen LogP contribution in [-0.4, -0.2) is 22.4 Å². The van der Waals surface area contributed by atoms with Gasteiger partial charge in [-0.1, -0.05) is 25.5 Å². The fourth-order valence-electron chi connectivity index (χ4n) is 7.25. The third kappa shape index (κ3) is 2.21. The fraction of sp³-hybridized carbons (Fsp3) is 0.857. The molecule has 2 nitrogen and oxygen atoms in total. The molecule has 0 aromatic rings. The lowest BCUT2D eigenvalue weighted by atomic mass is 9.47. The molecule has 0 aromatic heterocycles. The van der Waals surface area contributed by atoms with Gasteiger partial charge in [-0.2, -0.15) is 0 Å². The van der Waals surface area contributed by atoms with E-state index >= 15 is 0 Å². The number of aliphatic hydroxyl groups is 1. The van der Waals surface area contributed by atoms with Crippen LogP contribution in [0.15, 0.2) is 11.6 Å². The largest absolute Gasteiger partial charge is 0.393 e. The Morgan fingerprint density at radius 1 is 1.17 bits per heavy atom. The molecule has 0 amide bonds. The Kier molecular flexibility index (Phi) is 3.97. The number of carbonyl (C=O) groups is 1. The molecular weight excluding hydrogens is 320 g/mol. The van der Waals surface area contributed by atoms with Crippen LogP contribution in [0.1, 0.15) is 65.7 Å². The van der Waals surface area contributed by atoms with Gasteiger partial charge in [-0.25, -0.2) is 0 Å². The summed E-state index contributed by atoms with van der Waals surface area (Å²) in [6, 6.07) is 0. The van der Waals surface area contributed by atoms with Gasteiger partial charge in [-0.05, 0) is 80.5 Å². The second-order valence-electron chi connectivity index (χ2n) is 9.53. The molecule has 134 valence electrons. The fourth-order valence-corrected chi connectivity index (χ4v) is 7.75. The summed E-state index contributed by atoms with van der Waals surface area (Å²) in [7, 11) is 0. The molecule has 0 saturated heterocycles. The maximum Gasteiger partial charge on any atom is 0.133 e. The maximum atomic E-state index is 12.2. The van der Waals surface area contributed by atoms with Gasteiger partial charge >= 0.3 is 0 Å². The first kappa shape index (κ1) is 17.1.